The Morgan fingerprint density at radius 3 is 2.56 bits per heavy atom. The zero-order valence-corrected chi connectivity index (χ0v) is 11.6. The van der Waals surface area contributed by atoms with Gasteiger partial charge in [0.25, 0.3) is 0 Å². The van der Waals surface area contributed by atoms with E-state index in [1.807, 2.05) is 30.3 Å². The Balaban J connectivity index is 2.01. The van der Waals surface area contributed by atoms with E-state index in [4.69, 9.17) is 5.73 Å². The molecule has 0 saturated carbocycles. The zero-order valence-electron chi connectivity index (χ0n) is 10.0. The van der Waals surface area contributed by atoms with Gasteiger partial charge in [-0.05, 0) is 42.2 Å². The van der Waals surface area contributed by atoms with Crippen LogP contribution in [0.3, 0.4) is 0 Å². The summed E-state index contributed by atoms with van der Waals surface area (Å²) in [4.78, 5) is 0. The van der Waals surface area contributed by atoms with Crippen LogP contribution in [0.1, 0.15) is 11.1 Å². The van der Waals surface area contributed by atoms with Gasteiger partial charge in [0.05, 0.1) is 0 Å². The van der Waals surface area contributed by atoms with Crippen LogP contribution in [0.25, 0.3) is 0 Å². The van der Waals surface area contributed by atoms with Gasteiger partial charge < -0.3 is 10.8 Å². The Morgan fingerprint density at radius 1 is 1.06 bits per heavy atom. The Morgan fingerprint density at radius 2 is 1.83 bits per heavy atom. The molecule has 0 aliphatic rings. The summed E-state index contributed by atoms with van der Waals surface area (Å²) < 4.78 is 1.09. The van der Waals surface area contributed by atoms with Crippen molar-refractivity contribution < 1.29 is 5.11 Å². The second-order valence-corrected chi connectivity index (χ2v) is 5.28. The largest absolute Gasteiger partial charge is 0.508 e. The molecule has 3 N–H and O–H groups in total. The summed E-state index contributed by atoms with van der Waals surface area (Å²) in [5, 5.41) is 9.41. The lowest BCUT2D eigenvalue weighted by Gasteiger charge is -2.13. The van der Waals surface area contributed by atoms with E-state index in [9.17, 15) is 5.11 Å². The number of nitrogens with two attached hydrogens (primary N) is 1. The number of hydrogen-bond acceptors (Lipinski definition) is 2. The van der Waals surface area contributed by atoms with Crippen LogP contribution in [0.15, 0.2) is 53.0 Å². The lowest BCUT2D eigenvalue weighted by atomic mass is 10.00. The molecule has 0 aromatic heterocycles. The van der Waals surface area contributed by atoms with Crippen LogP contribution in [-0.2, 0) is 12.8 Å². The third kappa shape index (κ3) is 3.59. The summed E-state index contributed by atoms with van der Waals surface area (Å²) in [5.41, 5.74) is 8.43. The van der Waals surface area contributed by atoms with Crippen LogP contribution in [0.4, 0.5) is 0 Å². The monoisotopic (exact) mass is 305 g/mol. The van der Waals surface area contributed by atoms with Gasteiger partial charge in [-0.15, -0.1) is 0 Å². The number of benzene rings is 2. The van der Waals surface area contributed by atoms with E-state index in [1.54, 1.807) is 12.1 Å². The molecule has 0 amide bonds. The van der Waals surface area contributed by atoms with Crippen LogP contribution in [0.2, 0.25) is 0 Å². The highest BCUT2D eigenvalue weighted by atomic mass is 79.9. The van der Waals surface area contributed by atoms with E-state index >= 15 is 0 Å². The van der Waals surface area contributed by atoms with Gasteiger partial charge in [-0.25, -0.2) is 0 Å². The molecule has 0 spiro atoms. The normalized spacial score (nSPS) is 12.3. The first-order valence-electron chi connectivity index (χ1n) is 5.92. The Kier molecular flexibility index (Phi) is 4.39. The number of aromatic hydroxyl groups is 1. The summed E-state index contributed by atoms with van der Waals surface area (Å²) >= 11 is 3.53. The number of halogens is 1. The summed E-state index contributed by atoms with van der Waals surface area (Å²) in [6.07, 6.45) is 1.58. The van der Waals surface area contributed by atoms with E-state index in [-0.39, 0.29) is 6.04 Å². The lowest BCUT2D eigenvalue weighted by Crippen LogP contribution is -2.25. The van der Waals surface area contributed by atoms with E-state index in [0.717, 1.165) is 22.9 Å². The fourth-order valence-corrected chi connectivity index (χ4v) is 2.45. The highest BCUT2D eigenvalue weighted by Gasteiger charge is 2.08. The predicted molar refractivity (Wildman–Crippen MR) is 77.6 cm³/mol. The molecule has 2 rings (SSSR count). The van der Waals surface area contributed by atoms with Crippen LogP contribution in [0.5, 0.6) is 5.75 Å². The van der Waals surface area contributed by atoms with Crippen LogP contribution in [0, 0.1) is 0 Å². The molecule has 0 aliphatic heterocycles. The standard InChI is InChI=1S/C15H16BrNO/c16-15-7-2-1-5-12(15)10-13(17)8-11-4-3-6-14(18)9-11/h1-7,9,13,18H,8,10,17H2. The van der Waals surface area contributed by atoms with Crippen molar-refractivity contribution in [2.45, 2.75) is 18.9 Å². The first kappa shape index (κ1) is 13.1. The van der Waals surface area contributed by atoms with E-state index in [2.05, 4.69) is 22.0 Å². The van der Waals surface area contributed by atoms with Crippen LogP contribution in [-0.4, -0.2) is 11.1 Å². The van der Waals surface area contributed by atoms with Crippen molar-refractivity contribution in [1.29, 1.82) is 0 Å². The van der Waals surface area contributed by atoms with E-state index in [0.29, 0.717) is 5.75 Å². The summed E-state index contributed by atoms with van der Waals surface area (Å²) in [7, 11) is 0. The minimum atomic E-state index is 0.0468. The molecule has 1 atom stereocenters. The van der Waals surface area contributed by atoms with Crippen molar-refractivity contribution in [2.75, 3.05) is 0 Å². The maximum atomic E-state index is 9.41. The van der Waals surface area contributed by atoms with Crippen molar-refractivity contribution in [2.24, 2.45) is 5.73 Å². The minimum absolute atomic E-state index is 0.0468. The van der Waals surface area contributed by atoms with Gasteiger partial charge >= 0.3 is 0 Å². The van der Waals surface area contributed by atoms with Gasteiger partial charge in [0, 0.05) is 10.5 Å². The second kappa shape index (κ2) is 6.03. The second-order valence-electron chi connectivity index (χ2n) is 4.43. The molecule has 18 heavy (non-hydrogen) atoms. The van der Waals surface area contributed by atoms with E-state index < -0.39 is 0 Å². The maximum absolute atomic E-state index is 9.41. The predicted octanol–water partition coefficient (Wildman–Crippen LogP) is 3.27. The average molecular weight is 306 g/mol. The molecule has 0 saturated heterocycles. The topological polar surface area (TPSA) is 46.2 Å². The summed E-state index contributed by atoms with van der Waals surface area (Å²) in [6.45, 7) is 0. The molecule has 0 bridgehead atoms. The van der Waals surface area contributed by atoms with Gasteiger partial charge in [-0.2, -0.15) is 0 Å². The maximum Gasteiger partial charge on any atom is 0.115 e. The first-order chi connectivity index (χ1) is 8.65. The molecule has 3 heteroatoms. The SMILES string of the molecule is NC(Cc1cccc(O)c1)Cc1ccccc1Br. The van der Waals surface area contributed by atoms with Gasteiger partial charge in [0.15, 0.2) is 0 Å². The molecule has 94 valence electrons. The first-order valence-corrected chi connectivity index (χ1v) is 6.71. The molecule has 2 nitrogen and oxygen atoms in total. The number of hydrogen-bond donors (Lipinski definition) is 2. The quantitative estimate of drug-likeness (QED) is 0.910. The molecule has 0 fully saturated rings. The van der Waals surface area contributed by atoms with Crippen LogP contribution >= 0.6 is 15.9 Å². The summed E-state index contributed by atoms with van der Waals surface area (Å²) in [5.74, 6) is 0.292. The van der Waals surface area contributed by atoms with Crippen molar-refractivity contribution in [3.05, 3.63) is 64.1 Å². The average Bonchev–Trinajstić information content (AvgIpc) is 2.32. The smallest absolute Gasteiger partial charge is 0.115 e. The van der Waals surface area contributed by atoms with Gasteiger partial charge in [0.1, 0.15) is 5.75 Å². The van der Waals surface area contributed by atoms with Gasteiger partial charge in [-0.1, -0.05) is 46.3 Å². The number of phenolic OH excluding ortho intramolecular Hbond substituents is 1. The van der Waals surface area contributed by atoms with Crippen molar-refractivity contribution >= 4 is 15.9 Å². The molecule has 0 heterocycles. The Bertz CT molecular complexity index is 527. The molecule has 0 aliphatic carbocycles. The third-order valence-corrected chi connectivity index (χ3v) is 3.62. The number of phenols is 1. The minimum Gasteiger partial charge on any atom is -0.508 e. The fourth-order valence-electron chi connectivity index (χ4n) is 2.00. The lowest BCUT2D eigenvalue weighted by molar-refractivity contribution is 0.474. The molecule has 0 radical (unpaired) electrons. The van der Waals surface area contributed by atoms with Gasteiger partial charge in [-0.3, -0.25) is 0 Å². The highest BCUT2D eigenvalue weighted by Crippen LogP contribution is 2.19. The molecule has 2 aromatic rings. The van der Waals surface area contributed by atoms with Crippen molar-refractivity contribution in [3.8, 4) is 5.75 Å². The number of rotatable bonds is 4. The van der Waals surface area contributed by atoms with Gasteiger partial charge in [0.2, 0.25) is 0 Å². The fraction of sp³-hybridized carbons (Fsp3) is 0.200. The zero-order chi connectivity index (χ0) is 13.0. The highest BCUT2D eigenvalue weighted by molar-refractivity contribution is 9.10. The van der Waals surface area contributed by atoms with E-state index in [1.165, 1.54) is 5.56 Å². The Hall–Kier alpha value is -1.32. The van der Waals surface area contributed by atoms with Crippen molar-refractivity contribution in [1.82, 2.24) is 0 Å². The van der Waals surface area contributed by atoms with Crippen LogP contribution < -0.4 is 5.73 Å². The summed E-state index contributed by atoms with van der Waals surface area (Å²) in [6, 6.07) is 15.4. The molecular weight excluding hydrogens is 290 g/mol. The molecular formula is C15H16BrNO. The molecule has 1 unspecified atom stereocenters. The Labute approximate surface area is 116 Å². The third-order valence-electron chi connectivity index (χ3n) is 2.85. The van der Waals surface area contributed by atoms with Crippen molar-refractivity contribution in [3.63, 3.8) is 0 Å². The molecule has 2 aromatic carbocycles.